The average molecular weight is 305 g/mol. The maximum Gasteiger partial charge on any atom is 0.573 e. The zero-order valence-electron chi connectivity index (χ0n) is 11.7. The standard InChI is InChI=1S/C14H18F3NO3/c1-2-20-13(19)4-3-9-18-10-11-5-7-12(8-6-11)21-14(15,16)17/h5-8,18H,2-4,9-10H2,1H3. The molecule has 0 atom stereocenters. The van der Waals surface area contributed by atoms with Gasteiger partial charge in [0.2, 0.25) is 0 Å². The molecule has 0 saturated carbocycles. The number of benzene rings is 1. The van der Waals surface area contributed by atoms with Crippen LogP contribution >= 0.6 is 0 Å². The van der Waals surface area contributed by atoms with E-state index >= 15 is 0 Å². The Hall–Kier alpha value is -1.76. The van der Waals surface area contributed by atoms with Gasteiger partial charge in [0.05, 0.1) is 6.61 Å². The van der Waals surface area contributed by atoms with Crippen LogP contribution in [0.25, 0.3) is 0 Å². The first-order chi connectivity index (χ1) is 9.90. The second-order valence-corrected chi connectivity index (χ2v) is 4.28. The minimum Gasteiger partial charge on any atom is -0.466 e. The van der Waals surface area contributed by atoms with Crippen molar-refractivity contribution >= 4 is 5.97 Å². The lowest BCUT2D eigenvalue weighted by molar-refractivity contribution is -0.274. The number of hydrogen-bond donors (Lipinski definition) is 1. The number of ether oxygens (including phenoxy) is 2. The molecule has 21 heavy (non-hydrogen) atoms. The number of halogens is 3. The Balaban J connectivity index is 2.22. The fourth-order valence-electron chi connectivity index (χ4n) is 1.63. The van der Waals surface area contributed by atoms with Gasteiger partial charge >= 0.3 is 12.3 Å². The summed E-state index contributed by atoms with van der Waals surface area (Å²) >= 11 is 0. The maximum absolute atomic E-state index is 12.0. The summed E-state index contributed by atoms with van der Waals surface area (Å²) in [6.07, 6.45) is -3.68. The van der Waals surface area contributed by atoms with E-state index in [9.17, 15) is 18.0 Å². The summed E-state index contributed by atoms with van der Waals surface area (Å²) in [6, 6.07) is 5.64. The third-order valence-electron chi connectivity index (χ3n) is 2.53. The molecule has 0 amide bonds. The molecule has 118 valence electrons. The molecule has 1 rings (SSSR count). The molecule has 0 aliphatic heterocycles. The molecule has 0 unspecified atom stereocenters. The van der Waals surface area contributed by atoms with E-state index in [-0.39, 0.29) is 11.7 Å². The third kappa shape index (κ3) is 8.19. The molecule has 0 aromatic heterocycles. The van der Waals surface area contributed by atoms with E-state index < -0.39 is 6.36 Å². The van der Waals surface area contributed by atoms with Crippen LogP contribution in [-0.4, -0.2) is 25.5 Å². The molecule has 1 aromatic carbocycles. The predicted octanol–water partition coefficient (Wildman–Crippen LogP) is 3.02. The van der Waals surface area contributed by atoms with Crippen LogP contribution in [0, 0.1) is 0 Å². The Kier molecular flexibility index (Phi) is 7.01. The molecule has 0 fully saturated rings. The van der Waals surface area contributed by atoms with E-state index in [0.29, 0.717) is 32.5 Å². The molecule has 0 aliphatic carbocycles. The van der Waals surface area contributed by atoms with Gasteiger partial charge in [0.1, 0.15) is 5.75 Å². The lowest BCUT2D eigenvalue weighted by Crippen LogP contribution is -2.18. The Morgan fingerprint density at radius 2 is 1.90 bits per heavy atom. The number of rotatable bonds is 8. The van der Waals surface area contributed by atoms with Crippen LogP contribution in [-0.2, 0) is 16.1 Å². The summed E-state index contributed by atoms with van der Waals surface area (Å²) in [5, 5.41) is 3.10. The molecule has 4 nitrogen and oxygen atoms in total. The van der Waals surface area contributed by atoms with Crippen molar-refractivity contribution < 1.29 is 27.4 Å². The van der Waals surface area contributed by atoms with E-state index in [0.717, 1.165) is 5.56 Å². The lowest BCUT2D eigenvalue weighted by atomic mass is 10.2. The monoisotopic (exact) mass is 305 g/mol. The Labute approximate surface area is 121 Å². The highest BCUT2D eigenvalue weighted by molar-refractivity contribution is 5.69. The largest absolute Gasteiger partial charge is 0.573 e. The molecule has 1 N–H and O–H groups in total. The van der Waals surface area contributed by atoms with Crippen molar-refractivity contribution in [1.82, 2.24) is 5.32 Å². The van der Waals surface area contributed by atoms with E-state index in [1.54, 1.807) is 19.1 Å². The van der Waals surface area contributed by atoms with Crippen molar-refractivity contribution in [3.05, 3.63) is 29.8 Å². The highest BCUT2D eigenvalue weighted by atomic mass is 19.4. The third-order valence-corrected chi connectivity index (χ3v) is 2.53. The Morgan fingerprint density at radius 3 is 2.48 bits per heavy atom. The van der Waals surface area contributed by atoms with Crippen molar-refractivity contribution in [3.63, 3.8) is 0 Å². The van der Waals surface area contributed by atoms with Gasteiger partial charge in [0.15, 0.2) is 0 Å². The highest BCUT2D eigenvalue weighted by Gasteiger charge is 2.30. The van der Waals surface area contributed by atoms with Crippen molar-refractivity contribution in [1.29, 1.82) is 0 Å². The smallest absolute Gasteiger partial charge is 0.466 e. The molecule has 0 saturated heterocycles. The molecule has 0 radical (unpaired) electrons. The lowest BCUT2D eigenvalue weighted by Gasteiger charge is -2.09. The van der Waals surface area contributed by atoms with E-state index in [1.165, 1.54) is 12.1 Å². The summed E-state index contributed by atoms with van der Waals surface area (Å²) in [4.78, 5) is 11.1. The van der Waals surface area contributed by atoms with E-state index in [1.807, 2.05) is 0 Å². The van der Waals surface area contributed by atoms with Gasteiger partial charge in [-0.15, -0.1) is 13.2 Å². The van der Waals surface area contributed by atoms with Crippen LogP contribution in [0.5, 0.6) is 5.75 Å². The summed E-state index contributed by atoms with van der Waals surface area (Å²) in [5.41, 5.74) is 0.834. The van der Waals surface area contributed by atoms with Gasteiger partial charge in [-0.2, -0.15) is 0 Å². The zero-order chi connectivity index (χ0) is 15.7. The summed E-state index contributed by atoms with van der Waals surface area (Å²) in [5.74, 6) is -0.471. The highest BCUT2D eigenvalue weighted by Crippen LogP contribution is 2.22. The van der Waals surface area contributed by atoms with Crippen molar-refractivity contribution in [3.8, 4) is 5.75 Å². The van der Waals surface area contributed by atoms with E-state index in [4.69, 9.17) is 4.74 Å². The normalized spacial score (nSPS) is 11.2. The average Bonchev–Trinajstić information content (AvgIpc) is 2.39. The first-order valence-electron chi connectivity index (χ1n) is 6.61. The molecular formula is C14H18F3NO3. The topological polar surface area (TPSA) is 47.6 Å². The quantitative estimate of drug-likeness (QED) is 0.592. The van der Waals surface area contributed by atoms with Crippen molar-refractivity contribution in [2.75, 3.05) is 13.2 Å². The Morgan fingerprint density at radius 1 is 1.24 bits per heavy atom. The first kappa shape index (κ1) is 17.3. The zero-order valence-corrected chi connectivity index (χ0v) is 11.7. The molecule has 0 aliphatic rings. The number of nitrogens with one attached hydrogen (secondary N) is 1. The first-order valence-corrected chi connectivity index (χ1v) is 6.61. The maximum atomic E-state index is 12.0. The van der Waals surface area contributed by atoms with Crippen molar-refractivity contribution in [2.24, 2.45) is 0 Å². The van der Waals surface area contributed by atoms with Gasteiger partial charge in [-0.1, -0.05) is 12.1 Å². The Bertz CT molecular complexity index is 432. The van der Waals surface area contributed by atoms with Gasteiger partial charge in [-0.25, -0.2) is 0 Å². The summed E-state index contributed by atoms with van der Waals surface area (Å²) < 4.78 is 44.5. The molecule has 7 heteroatoms. The molecule has 0 spiro atoms. The summed E-state index contributed by atoms with van der Waals surface area (Å²) in [6.45, 7) is 3.26. The second-order valence-electron chi connectivity index (χ2n) is 4.28. The predicted molar refractivity (Wildman–Crippen MR) is 70.7 cm³/mol. The number of carbonyl (C=O) groups is 1. The van der Waals surface area contributed by atoms with Crippen molar-refractivity contribution in [2.45, 2.75) is 32.7 Å². The van der Waals surface area contributed by atoms with E-state index in [2.05, 4.69) is 10.1 Å². The van der Waals surface area contributed by atoms with Gasteiger partial charge in [-0.05, 0) is 37.6 Å². The van der Waals surface area contributed by atoms with Crippen LogP contribution in [0.1, 0.15) is 25.3 Å². The number of alkyl halides is 3. The van der Waals surface area contributed by atoms with Crippen LogP contribution in [0.4, 0.5) is 13.2 Å². The number of esters is 1. The fraction of sp³-hybridized carbons (Fsp3) is 0.500. The van der Waals surface area contributed by atoms with Gasteiger partial charge in [0.25, 0.3) is 0 Å². The SMILES string of the molecule is CCOC(=O)CCCNCc1ccc(OC(F)(F)F)cc1. The summed E-state index contributed by atoms with van der Waals surface area (Å²) in [7, 11) is 0. The number of carbonyl (C=O) groups excluding carboxylic acids is 1. The molecule has 0 bridgehead atoms. The minimum atomic E-state index is -4.67. The molecule has 1 aromatic rings. The van der Waals surface area contributed by atoms with Crippen LogP contribution in [0.15, 0.2) is 24.3 Å². The van der Waals surface area contributed by atoms with Crippen LogP contribution in [0.2, 0.25) is 0 Å². The van der Waals surface area contributed by atoms with Gasteiger partial charge in [-0.3, -0.25) is 4.79 Å². The second kappa shape index (κ2) is 8.51. The minimum absolute atomic E-state index is 0.229. The number of hydrogen-bond acceptors (Lipinski definition) is 4. The molecular weight excluding hydrogens is 287 g/mol. The van der Waals surface area contributed by atoms with Crippen LogP contribution < -0.4 is 10.1 Å². The fourth-order valence-corrected chi connectivity index (χ4v) is 1.63. The van der Waals surface area contributed by atoms with Gasteiger partial charge in [0, 0.05) is 13.0 Å². The molecule has 0 heterocycles. The van der Waals surface area contributed by atoms with Crippen LogP contribution in [0.3, 0.4) is 0 Å². The van der Waals surface area contributed by atoms with Gasteiger partial charge < -0.3 is 14.8 Å².